The Labute approximate surface area is 84.5 Å². The fourth-order valence-electron chi connectivity index (χ4n) is 1.23. The Morgan fingerprint density at radius 1 is 1.27 bits per heavy atom. The van der Waals surface area contributed by atoms with E-state index in [1.165, 1.54) is 6.20 Å². The molecule has 3 nitrogen and oxygen atoms in total. The van der Waals surface area contributed by atoms with Gasteiger partial charge in [-0.2, -0.15) is 0 Å². The highest BCUT2D eigenvalue weighted by Gasteiger charge is 2.13. The first-order valence-electron chi connectivity index (χ1n) is 4.25. The zero-order chi connectivity index (χ0) is 11.0. The molecule has 2 aromatic rings. The van der Waals surface area contributed by atoms with E-state index in [4.69, 9.17) is 10.2 Å². The van der Waals surface area contributed by atoms with Crippen LogP contribution in [0.2, 0.25) is 0 Å². The first kappa shape index (κ1) is 9.64. The molecule has 0 aliphatic heterocycles. The number of halogens is 2. The van der Waals surface area contributed by atoms with Crippen molar-refractivity contribution in [2.24, 2.45) is 0 Å². The molecule has 15 heavy (non-hydrogen) atoms. The molecule has 1 aromatic carbocycles. The summed E-state index contributed by atoms with van der Waals surface area (Å²) in [6.07, 6.45) is 1.48. The van der Waals surface area contributed by atoms with Crippen LogP contribution in [-0.4, -0.2) is 4.98 Å². The van der Waals surface area contributed by atoms with Gasteiger partial charge in [-0.05, 0) is 13.0 Å². The lowest BCUT2D eigenvalue weighted by atomic mass is 10.1. The third-order valence-corrected chi connectivity index (χ3v) is 1.94. The summed E-state index contributed by atoms with van der Waals surface area (Å²) in [6.45, 7) is 1.70. The maximum absolute atomic E-state index is 13.0. The Bertz CT molecular complexity index is 508. The molecule has 2 rings (SSSR count). The molecule has 0 aliphatic carbocycles. The van der Waals surface area contributed by atoms with Gasteiger partial charge >= 0.3 is 0 Å². The van der Waals surface area contributed by atoms with E-state index in [0.717, 1.165) is 12.1 Å². The predicted octanol–water partition coefficient (Wildman–Crippen LogP) is 2.51. The lowest BCUT2D eigenvalue weighted by molar-refractivity contribution is 0.507. The fraction of sp³-hybridized carbons (Fsp3) is 0.100. The van der Waals surface area contributed by atoms with Crippen molar-refractivity contribution in [3.05, 3.63) is 35.7 Å². The van der Waals surface area contributed by atoms with E-state index in [0.29, 0.717) is 5.76 Å². The average molecular weight is 210 g/mol. The van der Waals surface area contributed by atoms with Gasteiger partial charge in [0, 0.05) is 11.8 Å². The molecule has 78 valence electrons. The molecule has 1 aromatic heterocycles. The van der Waals surface area contributed by atoms with Crippen LogP contribution in [0.5, 0.6) is 0 Å². The number of nitrogens with zero attached hydrogens (tertiary/aromatic N) is 1. The van der Waals surface area contributed by atoms with Crippen LogP contribution in [0.15, 0.2) is 22.7 Å². The highest BCUT2D eigenvalue weighted by molar-refractivity contribution is 5.70. The van der Waals surface area contributed by atoms with Gasteiger partial charge in [-0.3, -0.25) is 0 Å². The van der Waals surface area contributed by atoms with Crippen molar-refractivity contribution in [1.82, 2.24) is 4.98 Å². The standard InChI is InChI=1S/C10H8F2N2O/c1-5-4-14-10(15-5)6-2-7(11)8(12)3-9(6)13/h2-4H,13H2,1H3. The number of rotatable bonds is 1. The van der Waals surface area contributed by atoms with E-state index in [2.05, 4.69) is 4.98 Å². The number of aryl methyl sites for hydroxylation is 1. The minimum absolute atomic E-state index is 0.0933. The minimum atomic E-state index is -0.987. The Hall–Kier alpha value is -1.91. The molecule has 0 amide bonds. The Morgan fingerprint density at radius 2 is 1.93 bits per heavy atom. The molecule has 0 saturated heterocycles. The van der Waals surface area contributed by atoms with Crippen LogP contribution in [-0.2, 0) is 0 Å². The van der Waals surface area contributed by atoms with Gasteiger partial charge in [0.1, 0.15) is 5.76 Å². The third kappa shape index (κ3) is 1.68. The molecule has 0 bridgehead atoms. The Kier molecular flexibility index (Phi) is 2.15. The van der Waals surface area contributed by atoms with Crippen LogP contribution in [0, 0.1) is 18.6 Å². The number of anilines is 1. The first-order chi connectivity index (χ1) is 7.08. The molecule has 0 aliphatic rings. The van der Waals surface area contributed by atoms with E-state index in [1.54, 1.807) is 6.92 Å². The topological polar surface area (TPSA) is 52.0 Å². The molecule has 1 heterocycles. The average Bonchev–Trinajstić information content (AvgIpc) is 2.58. The molecule has 0 saturated carbocycles. The molecule has 0 fully saturated rings. The fourth-order valence-corrected chi connectivity index (χ4v) is 1.23. The maximum atomic E-state index is 13.0. The van der Waals surface area contributed by atoms with Gasteiger partial charge in [-0.1, -0.05) is 0 Å². The Balaban J connectivity index is 2.58. The summed E-state index contributed by atoms with van der Waals surface area (Å²) in [4.78, 5) is 3.88. The van der Waals surface area contributed by atoms with Gasteiger partial charge in [0.25, 0.3) is 0 Å². The largest absolute Gasteiger partial charge is 0.441 e. The van der Waals surface area contributed by atoms with E-state index < -0.39 is 11.6 Å². The lowest BCUT2D eigenvalue weighted by Crippen LogP contribution is -1.94. The minimum Gasteiger partial charge on any atom is -0.441 e. The molecular weight excluding hydrogens is 202 g/mol. The SMILES string of the molecule is Cc1cnc(-c2cc(F)c(F)cc2N)o1. The highest BCUT2D eigenvalue weighted by atomic mass is 19.2. The van der Waals surface area contributed by atoms with E-state index in [-0.39, 0.29) is 17.1 Å². The quantitative estimate of drug-likeness (QED) is 0.736. The number of oxazole rings is 1. The molecule has 0 radical (unpaired) electrons. The summed E-state index contributed by atoms with van der Waals surface area (Å²) < 4.78 is 30.9. The maximum Gasteiger partial charge on any atom is 0.228 e. The second-order valence-electron chi connectivity index (χ2n) is 3.13. The Morgan fingerprint density at radius 3 is 2.53 bits per heavy atom. The number of benzene rings is 1. The lowest BCUT2D eigenvalue weighted by Gasteiger charge is -2.02. The predicted molar refractivity (Wildman–Crippen MR) is 51.0 cm³/mol. The van der Waals surface area contributed by atoms with Crippen molar-refractivity contribution in [2.45, 2.75) is 6.92 Å². The van der Waals surface area contributed by atoms with Gasteiger partial charge in [0.05, 0.1) is 11.8 Å². The van der Waals surface area contributed by atoms with Crippen molar-refractivity contribution in [1.29, 1.82) is 0 Å². The van der Waals surface area contributed by atoms with Crippen LogP contribution >= 0.6 is 0 Å². The van der Waals surface area contributed by atoms with Crippen LogP contribution in [0.4, 0.5) is 14.5 Å². The zero-order valence-corrected chi connectivity index (χ0v) is 7.92. The normalized spacial score (nSPS) is 10.6. The number of hydrogen-bond acceptors (Lipinski definition) is 3. The van der Waals surface area contributed by atoms with Gasteiger partial charge in [0.15, 0.2) is 11.6 Å². The zero-order valence-electron chi connectivity index (χ0n) is 7.92. The summed E-state index contributed by atoms with van der Waals surface area (Å²) in [5.74, 6) is -1.20. The number of nitrogens with two attached hydrogens (primary N) is 1. The van der Waals surface area contributed by atoms with Crippen molar-refractivity contribution in [2.75, 3.05) is 5.73 Å². The number of nitrogen functional groups attached to an aromatic ring is 1. The summed E-state index contributed by atoms with van der Waals surface area (Å²) in [6, 6.07) is 1.88. The monoisotopic (exact) mass is 210 g/mol. The summed E-state index contributed by atoms with van der Waals surface area (Å²) >= 11 is 0. The van der Waals surface area contributed by atoms with E-state index >= 15 is 0 Å². The van der Waals surface area contributed by atoms with Gasteiger partial charge in [0.2, 0.25) is 5.89 Å². The highest BCUT2D eigenvalue weighted by Crippen LogP contribution is 2.27. The second kappa shape index (κ2) is 3.34. The van der Waals surface area contributed by atoms with Gasteiger partial charge < -0.3 is 10.2 Å². The summed E-state index contributed by atoms with van der Waals surface area (Å²) in [7, 11) is 0. The first-order valence-corrected chi connectivity index (χ1v) is 4.25. The van der Waals surface area contributed by atoms with Crippen LogP contribution in [0.1, 0.15) is 5.76 Å². The molecule has 2 N–H and O–H groups in total. The van der Waals surface area contributed by atoms with Gasteiger partial charge in [-0.15, -0.1) is 0 Å². The smallest absolute Gasteiger partial charge is 0.228 e. The van der Waals surface area contributed by atoms with E-state index in [9.17, 15) is 8.78 Å². The van der Waals surface area contributed by atoms with Gasteiger partial charge in [-0.25, -0.2) is 13.8 Å². The summed E-state index contributed by atoms with van der Waals surface area (Å²) in [5.41, 5.74) is 5.87. The van der Waals surface area contributed by atoms with Crippen LogP contribution in [0.3, 0.4) is 0 Å². The van der Waals surface area contributed by atoms with Crippen LogP contribution in [0.25, 0.3) is 11.5 Å². The molecule has 5 heteroatoms. The second-order valence-corrected chi connectivity index (χ2v) is 3.13. The van der Waals surface area contributed by atoms with Crippen molar-refractivity contribution >= 4 is 5.69 Å². The van der Waals surface area contributed by atoms with Crippen molar-refractivity contribution < 1.29 is 13.2 Å². The molecular formula is C10H8F2N2O. The molecule has 0 unspecified atom stereocenters. The number of hydrogen-bond donors (Lipinski definition) is 1. The van der Waals surface area contributed by atoms with E-state index in [1.807, 2.05) is 0 Å². The molecule has 0 spiro atoms. The molecule has 0 atom stereocenters. The van der Waals surface area contributed by atoms with Crippen molar-refractivity contribution in [3.63, 3.8) is 0 Å². The van der Waals surface area contributed by atoms with Crippen LogP contribution < -0.4 is 5.73 Å². The third-order valence-electron chi connectivity index (χ3n) is 1.94. The summed E-state index contributed by atoms with van der Waals surface area (Å²) in [5, 5.41) is 0. The van der Waals surface area contributed by atoms with Crippen molar-refractivity contribution in [3.8, 4) is 11.5 Å². The number of aromatic nitrogens is 1.